The van der Waals surface area contributed by atoms with E-state index in [0.717, 1.165) is 15.3 Å². The van der Waals surface area contributed by atoms with Crippen LogP contribution in [0.4, 0.5) is 0 Å². The summed E-state index contributed by atoms with van der Waals surface area (Å²) in [5, 5.41) is 5.67. The highest BCUT2D eigenvalue weighted by molar-refractivity contribution is 9.11. The fourth-order valence-corrected chi connectivity index (χ4v) is 1.66. The molecular weight excluding hydrogens is 228 g/mol. The van der Waals surface area contributed by atoms with Crippen molar-refractivity contribution in [1.82, 2.24) is 4.98 Å². The minimum absolute atomic E-state index is 0.787. The Morgan fingerprint density at radius 1 is 1.82 bits per heavy atom. The zero-order valence-electron chi connectivity index (χ0n) is 6.17. The first kappa shape index (κ1) is 8.67. The number of aromatic nitrogens is 1. The Bertz CT molecular complexity index is 271. The van der Waals surface area contributed by atoms with Crippen LogP contribution in [-0.4, -0.2) is 17.8 Å². The summed E-state index contributed by atoms with van der Waals surface area (Å²) < 4.78 is 0.859. The predicted molar refractivity (Wildman–Crippen MR) is 49.0 cm³/mol. The van der Waals surface area contributed by atoms with Gasteiger partial charge in [0.15, 0.2) is 3.92 Å². The van der Waals surface area contributed by atoms with E-state index < -0.39 is 0 Å². The number of hydrogen-bond donors (Lipinski definition) is 0. The van der Waals surface area contributed by atoms with Crippen molar-refractivity contribution >= 4 is 33.0 Å². The van der Waals surface area contributed by atoms with Gasteiger partial charge in [-0.2, -0.15) is 0 Å². The van der Waals surface area contributed by atoms with E-state index in [1.165, 1.54) is 18.4 Å². The van der Waals surface area contributed by atoms with E-state index in [1.807, 2.05) is 12.3 Å². The van der Waals surface area contributed by atoms with E-state index in [2.05, 4.69) is 30.9 Å². The molecule has 11 heavy (non-hydrogen) atoms. The van der Waals surface area contributed by atoms with Crippen molar-refractivity contribution in [2.75, 3.05) is 7.11 Å². The lowest BCUT2D eigenvalue weighted by Gasteiger charge is -1.91. The van der Waals surface area contributed by atoms with Gasteiger partial charge in [0, 0.05) is 5.38 Å². The van der Waals surface area contributed by atoms with Crippen LogP contribution in [0.5, 0.6) is 0 Å². The van der Waals surface area contributed by atoms with E-state index in [1.54, 1.807) is 0 Å². The summed E-state index contributed by atoms with van der Waals surface area (Å²) in [6.45, 7) is 1.85. The molecule has 0 aromatic carbocycles. The molecule has 0 aliphatic carbocycles. The zero-order chi connectivity index (χ0) is 8.27. The lowest BCUT2D eigenvalue weighted by molar-refractivity contribution is 0.213. The summed E-state index contributed by atoms with van der Waals surface area (Å²) in [5.41, 5.74) is 1.64. The highest BCUT2D eigenvalue weighted by Crippen LogP contribution is 2.16. The molecule has 1 rings (SSSR count). The molecule has 1 heterocycles. The lowest BCUT2D eigenvalue weighted by Crippen LogP contribution is -1.94. The smallest absolute Gasteiger partial charge is 0.159 e. The van der Waals surface area contributed by atoms with Crippen LogP contribution in [0.2, 0.25) is 0 Å². The molecule has 0 saturated carbocycles. The molecule has 0 unspecified atom stereocenters. The minimum Gasteiger partial charge on any atom is -0.399 e. The van der Waals surface area contributed by atoms with Crippen molar-refractivity contribution < 1.29 is 4.84 Å². The third-order valence-electron chi connectivity index (χ3n) is 1.08. The minimum atomic E-state index is 0.787. The van der Waals surface area contributed by atoms with Gasteiger partial charge in [-0.05, 0) is 22.9 Å². The normalized spacial score (nSPS) is 11.7. The van der Waals surface area contributed by atoms with E-state index in [9.17, 15) is 0 Å². The van der Waals surface area contributed by atoms with Crippen LogP contribution >= 0.6 is 27.3 Å². The molecule has 3 nitrogen and oxygen atoms in total. The molecule has 0 aliphatic heterocycles. The monoisotopic (exact) mass is 234 g/mol. The number of halogens is 1. The van der Waals surface area contributed by atoms with Gasteiger partial charge in [-0.3, -0.25) is 0 Å². The maximum absolute atomic E-state index is 4.60. The lowest BCUT2D eigenvalue weighted by atomic mass is 10.3. The number of rotatable bonds is 2. The molecule has 0 saturated heterocycles. The van der Waals surface area contributed by atoms with Gasteiger partial charge in [-0.1, -0.05) is 5.16 Å². The fourth-order valence-electron chi connectivity index (χ4n) is 0.602. The number of hydrogen-bond acceptors (Lipinski definition) is 4. The summed E-state index contributed by atoms with van der Waals surface area (Å²) in [4.78, 5) is 8.76. The summed E-state index contributed by atoms with van der Waals surface area (Å²) in [5.74, 6) is 0. The highest BCUT2D eigenvalue weighted by Gasteiger charge is 2.01. The molecule has 0 bridgehead atoms. The average molecular weight is 235 g/mol. The molecule has 5 heteroatoms. The van der Waals surface area contributed by atoms with Gasteiger partial charge in [0.05, 0.1) is 5.69 Å². The molecule has 0 amide bonds. The van der Waals surface area contributed by atoms with Crippen molar-refractivity contribution in [3.8, 4) is 0 Å². The molecule has 1 aromatic heterocycles. The molecule has 60 valence electrons. The van der Waals surface area contributed by atoms with Crippen LogP contribution in [0.15, 0.2) is 14.5 Å². The molecule has 0 atom stereocenters. The van der Waals surface area contributed by atoms with Gasteiger partial charge in [-0.25, -0.2) is 4.98 Å². The highest BCUT2D eigenvalue weighted by atomic mass is 79.9. The van der Waals surface area contributed by atoms with Crippen molar-refractivity contribution in [2.45, 2.75) is 6.92 Å². The van der Waals surface area contributed by atoms with Crippen LogP contribution in [0.3, 0.4) is 0 Å². The predicted octanol–water partition coefficient (Wildman–Crippen LogP) is 2.28. The number of thiazole rings is 1. The van der Waals surface area contributed by atoms with Crippen molar-refractivity contribution in [3.63, 3.8) is 0 Å². The van der Waals surface area contributed by atoms with Gasteiger partial charge < -0.3 is 4.84 Å². The molecule has 1 aromatic rings. The largest absolute Gasteiger partial charge is 0.399 e. The molecule has 0 N–H and O–H groups in total. The number of oxime groups is 1. The summed E-state index contributed by atoms with van der Waals surface area (Å²) in [7, 11) is 1.52. The maximum Gasteiger partial charge on any atom is 0.159 e. The SMILES string of the molecule is CON=C(C)c1csc(Br)n1. The van der Waals surface area contributed by atoms with Gasteiger partial charge in [0.1, 0.15) is 12.8 Å². The second kappa shape index (κ2) is 3.82. The molecule has 0 spiro atoms. The van der Waals surface area contributed by atoms with Crippen molar-refractivity contribution in [2.24, 2.45) is 5.16 Å². The summed E-state index contributed by atoms with van der Waals surface area (Å²) >= 11 is 4.79. The molecule has 0 fully saturated rings. The molecule has 0 aliphatic rings. The van der Waals surface area contributed by atoms with Crippen molar-refractivity contribution in [3.05, 3.63) is 15.0 Å². The van der Waals surface area contributed by atoms with Gasteiger partial charge in [-0.15, -0.1) is 11.3 Å². The molecular formula is C6H7BrN2OS. The van der Waals surface area contributed by atoms with E-state index in [4.69, 9.17) is 0 Å². The van der Waals surface area contributed by atoms with E-state index >= 15 is 0 Å². The topological polar surface area (TPSA) is 34.5 Å². The Balaban J connectivity index is 2.84. The summed E-state index contributed by atoms with van der Waals surface area (Å²) in [6.07, 6.45) is 0. The third kappa shape index (κ3) is 2.27. The van der Waals surface area contributed by atoms with Crippen molar-refractivity contribution in [1.29, 1.82) is 0 Å². The van der Waals surface area contributed by atoms with E-state index in [-0.39, 0.29) is 0 Å². The third-order valence-corrected chi connectivity index (χ3v) is 2.44. The van der Waals surface area contributed by atoms with Gasteiger partial charge in [0.2, 0.25) is 0 Å². The second-order valence-corrected chi connectivity index (χ2v) is 3.98. The first-order valence-electron chi connectivity index (χ1n) is 2.93. The Hall–Kier alpha value is -0.420. The summed E-state index contributed by atoms with van der Waals surface area (Å²) in [6, 6.07) is 0. The van der Waals surface area contributed by atoms with E-state index in [0.29, 0.717) is 0 Å². The second-order valence-electron chi connectivity index (χ2n) is 1.84. The number of nitrogens with zero attached hydrogens (tertiary/aromatic N) is 2. The van der Waals surface area contributed by atoms with Gasteiger partial charge in [0.25, 0.3) is 0 Å². The van der Waals surface area contributed by atoms with Gasteiger partial charge >= 0.3 is 0 Å². The van der Waals surface area contributed by atoms with Crippen LogP contribution in [0.25, 0.3) is 0 Å². The average Bonchev–Trinajstić information content (AvgIpc) is 2.36. The van der Waals surface area contributed by atoms with Crippen LogP contribution in [0, 0.1) is 0 Å². The van der Waals surface area contributed by atoms with Crippen LogP contribution in [-0.2, 0) is 4.84 Å². The first-order valence-corrected chi connectivity index (χ1v) is 4.60. The molecule has 0 radical (unpaired) electrons. The Morgan fingerprint density at radius 2 is 2.55 bits per heavy atom. The van der Waals surface area contributed by atoms with Crippen LogP contribution < -0.4 is 0 Å². The fraction of sp³-hybridized carbons (Fsp3) is 0.333. The quantitative estimate of drug-likeness (QED) is 0.582. The van der Waals surface area contributed by atoms with Crippen LogP contribution in [0.1, 0.15) is 12.6 Å². The zero-order valence-corrected chi connectivity index (χ0v) is 8.57. The standard InChI is InChI=1S/C6H7BrN2OS/c1-4(9-10-2)5-3-11-6(7)8-5/h3H,1-2H3. The first-order chi connectivity index (χ1) is 5.24. The Labute approximate surface area is 77.2 Å². The Kier molecular flexibility index (Phi) is 3.02. The maximum atomic E-state index is 4.60. The Morgan fingerprint density at radius 3 is 3.00 bits per heavy atom.